The number of para-hydroxylation sites is 1. The summed E-state index contributed by atoms with van der Waals surface area (Å²) in [6, 6.07) is 4.97. The van der Waals surface area contributed by atoms with Gasteiger partial charge in [-0.05, 0) is 18.1 Å². The number of rotatable bonds is 1. The van der Waals surface area contributed by atoms with Gasteiger partial charge in [-0.2, -0.15) is 0 Å². The van der Waals surface area contributed by atoms with Crippen molar-refractivity contribution in [2.24, 2.45) is 0 Å². The second kappa shape index (κ2) is 3.40. The van der Waals surface area contributed by atoms with Crippen LogP contribution in [-0.2, 0) is 11.2 Å². The molecule has 74 valence electrons. The van der Waals surface area contributed by atoms with Crippen molar-refractivity contribution in [3.05, 3.63) is 29.6 Å². The quantitative estimate of drug-likeness (QED) is 0.669. The fourth-order valence-corrected chi connectivity index (χ4v) is 1.85. The second-order valence-electron chi connectivity index (χ2n) is 3.40. The van der Waals surface area contributed by atoms with Gasteiger partial charge in [-0.1, -0.05) is 19.1 Å². The smallest absolute Gasteiger partial charge is 0.226 e. The Labute approximate surface area is 82.3 Å². The molecule has 0 bridgehead atoms. The van der Waals surface area contributed by atoms with Gasteiger partial charge in [-0.25, -0.2) is 4.39 Å². The minimum absolute atomic E-state index is 0.00569. The molecule has 0 N–H and O–H groups in total. The molecule has 3 heteroatoms. The van der Waals surface area contributed by atoms with E-state index in [1.165, 1.54) is 6.07 Å². The van der Waals surface area contributed by atoms with Gasteiger partial charge in [-0.3, -0.25) is 4.79 Å². The number of hydrogen-bond donors (Lipinski definition) is 0. The normalized spacial score (nSPS) is 14.3. The van der Waals surface area contributed by atoms with E-state index in [9.17, 15) is 9.18 Å². The summed E-state index contributed by atoms with van der Waals surface area (Å²) in [6.45, 7) is 2.41. The van der Waals surface area contributed by atoms with Gasteiger partial charge in [0, 0.05) is 13.0 Å². The zero-order chi connectivity index (χ0) is 10.1. The Morgan fingerprint density at radius 2 is 2.36 bits per heavy atom. The molecule has 2 rings (SSSR count). The molecule has 2 nitrogen and oxygen atoms in total. The van der Waals surface area contributed by atoms with Crippen LogP contribution >= 0.6 is 0 Å². The molecule has 0 aliphatic carbocycles. The first-order valence-electron chi connectivity index (χ1n) is 4.81. The molecule has 0 saturated carbocycles. The average Bonchev–Trinajstić information content (AvgIpc) is 2.62. The molecule has 1 aliphatic rings. The van der Waals surface area contributed by atoms with Crippen molar-refractivity contribution in [1.82, 2.24) is 0 Å². The van der Waals surface area contributed by atoms with Crippen molar-refractivity contribution >= 4 is 11.6 Å². The van der Waals surface area contributed by atoms with Gasteiger partial charge in [0.25, 0.3) is 0 Å². The van der Waals surface area contributed by atoms with Gasteiger partial charge >= 0.3 is 0 Å². The van der Waals surface area contributed by atoms with Crippen molar-refractivity contribution in [1.29, 1.82) is 0 Å². The Hall–Kier alpha value is -1.38. The lowest BCUT2D eigenvalue weighted by atomic mass is 10.1. The zero-order valence-electron chi connectivity index (χ0n) is 8.09. The van der Waals surface area contributed by atoms with Crippen LogP contribution in [0.2, 0.25) is 0 Å². The van der Waals surface area contributed by atoms with Crippen LogP contribution in [0.4, 0.5) is 10.1 Å². The van der Waals surface area contributed by atoms with E-state index in [2.05, 4.69) is 0 Å². The summed E-state index contributed by atoms with van der Waals surface area (Å²) < 4.78 is 13.4. The van der Waals surface area contributed by atoms with Crippen molar-refractivity contribution in [2.45, 2.75) is 19.8 Å². The van der Waals surface area contributed by atoms with Crippen molar-refractivity contribution < 1.29 is 9.18 Å². The average molecular weight is 193 g/mol. The molecule has 1 aromatic rings. The van der Waals surface area contributed by atoms with Crippen LogP contribution in [0.25, 0.3) is 0 Å². The summed E-state index contributed by atoms with van der Waals surface area (Å²) in [4.78, 5) is 13.0. The molecule has 1 amide bonds. The highest BCUT2D eigenvalue weighted by atomic mass is 19.1. The minimum Gasteiger partial charge on any atom is -0.309 e. The van der Waals surface area contributed by atoms with E-state index in [0.717, 1.165) is 12.0 Å². The number of nitrogens with zero attached hydrogens (tertiary/aromatic N) is 1. The SMILES string of the molecule is CCC(=O)N1CCc2cccc(F)c21. The maximum Gasteiger partial charge on any atom is 0.226 e. The van der Waals surface area contributed by atoms with Gasteiger partial charge in [0.15, 0.2) is 0 Å². The molecule has 0 spiro atoms. The Kier molecular flexibility index (Phi) is 2.23. The van der Waals surface area contributed by atoms with Crippen LogP contribution in [0.5, 0.6) is 0 Å². The number of carbonyl (C=O) groups excluding carboxylic acids is 1. The van der Waals surface area contributed by atoms with Gasteiger partial charge in [0.05, 0.1) is 5.69 Å². The third-order valence-electron chi connectivity index (χ3n) is 2.55. The lowest BCUT2D eigenvalue weighted by Gasteiger charge is -2.16. The Morgan fingerprint density at radius 1 is 1.57 bits per heavy atom. The summed E-state index contributed by atoms with van der Waals surface area (Å²) in [5.74, 6) is -0.296. The molecule has 0 fully saturated rings. The first-order chi connectivity index (χ1) is 6.74. The topological polar surface area (TPSA) is 20.3 Å². The molecular weight excluding hydrogens is 181 g/mol. The molecule has 1 heterocycles. The number of halogens is 1. The largest absolute Gasteiger partial charge is 0.309 e. The number of amides is 1. The predicted molar refractivity (Wildman–Crippen MR) is 52.7 cm³/mol. The fraction of sp³-hybridized carbons (Fsp3) is 0.364. The summed E-state index contributed by atoms with van der Waals surface area (Å²) in [5, 5.41) is 0. The summed E-state index contributed by atoms with van der Waals surface area (Å²) in [7, 11) is 0. The van der Waals surface area contributed by atoms with Gasteiger partial charge in [0.2, 0.25) is 5.91 Å². The minimum atomic E-state index is -0.290. The number of carbonyl (C=O) groups is 1. The van der Waals surface area contributed by atoms with Gasteiger partial charge in [-0.15, -0.1) is 0 Å². The van der Waals surface area contributed by atoms with Crippen LogP contribution in [0.1, 0.15) is 18.9 Å². The lowest BCUT2D eigenvalue weighted by Crippen LogP contribution is -2.28. The lowest BCUT2D eigenvalue weighted by molar-refractivity contribution is -0.118. The van der Waals surface area contributed by atoms with Crippen molar-refractivity contribution in [3.8, 4) is 0 Å². The first kappa shape index (κ1) is 9.19. The van der Waals surface area contributed by atoms with E-state index < -0.39 is 0 Å². The monoisotopic (exact) mass is 193 g/mol. The van der Waals surface area contributed by atoms with Crippen LogP contribution < -0.4 is 4.90 Å². The van der Waals surface area contributed by atoms with Crippen LogP contribution in [0.3, 0.4) is 0 Å². The highest BCUT2D eigenvalue weighted by Gasteiger charge is 2.26. The van der Waals surface area contributed by atoms with E-state index in [-0.39, 0.29) is 11.7 Å². The zero-order valence-corrected chi connectivity index (χ0v) is 8.09. The number of anilines is 1. The van der Waals surface area contributed by atoms with E-state index in [1.807, 2.05) is 6.07 Å². The Bertz CT molecular complexity index is 376. The second-order valence-corrected chi connectivity index (χ2v) is 3.40. The summed E-state index contributed by atoms with van der Waals surface area (Å²) in [6.07, 6.45) is 1.19. The predicted octanol–water partition coefficient (Wildman–Crippen LogP) is 2.12. The van der Waals surface area contributed by atoms with Gasteiger partial charge in [0.1, 0.15) is 5.82 Å². The Balaban J connectivity index is 2.43. The maximum absolute atomic E-state index is 13.4. The van der Waals surface area contributed by atoms with Crippen LogP contribution in [-0.4, -0.2) is 12.5 Å². The molecular formula is C11H12FNO. The number of hydrogen-bond acceptors (Lipinski definition) is 1. The molecule has 0 aromatic heterocycles. The van der Waals surface area contributed by atoms with Gasteiger partial charge < -0.3 is 4.90 Å². The number of fused-ring (bicyclic) bond motifs is 1. The third kappa shape index (κ3) is 1.29. The van der Waals surface area contributed by atoms with Crippen LogP contribution in [0, 0.1) is 5.82 Å². The van der Waals surface area contributed by atoms with E-state index in [0.29, 0.717) is 18.7 Å². The van der Waals surface area contributed by atoms with E-state index in [4.69, 9.17) is 0 Å². The molecule has 0 saturated heterocycles. The fourth-order valence-electron chi connectivity index (χ4n) is 1.85. The first-order valence-corrected chi connectivity index (χ1v) is 4.81. The third-order valence-corrected chi connectivity index (χ3v) is 2.55. The van der Waals surface area contributed by atoms with Crippen molar-refractivity contribution in [3.63, 3.8) is 0 Å². The molecule has 0 unspecified atom stereocenters. The Morgan fingerprint density at radius 3 is 3.07 bits per heavy atom. The molecule has 0 radical (unpaired) electrons. The summed E-state index contributed by atoms with van der Waals surface area (Å²) >= 11 is 0. The maximum atomic E-state index is 13.4. The van der Waals surface area contributed by atoms with E-state index >= 15 is 0 Å². The molecule has 14 heavy (non-hydrogen) atoms. The number of benzene rings is 1. The highest BCUT2D eigenvalue weighted by Crippen LogP contribution is 2.30. The van der Waals surface area contributed by atoms with Crippen molar-refractivity contribution in [2.75, 3.05) is 11.4 Å². The standard InChI is InChI=1S/C11H12FNO/c1-2-10(14)13-7-6-8-4-3-5-9(12)11(8)13/h3-5H,2,6-7H2,1H3. The van der Waals surface area contributed by atoms with E-state index in [1.54, 1.807) is 17.9 Å². The molecule has 0 atom stereocenters. The molecule has 1 aromatic carbocycles. The van der Waals surface area contributed by atoms with Crippen LogP contribution in [0.15, 0.2) is 18.2 Å². The highest BCUT2D eigenvalue weighted by molar-refractivity contribution is 5.95. The summed E-state index contributed by atoms with van der Waals surface area (Å²) in [5.41, 5.74) is 1.42. The molecule has 1 aliphatic heterocycles.